The van der Waals surface area contributed by atoms with Crippen LogP contribution in [-0.2, 0) is 0 Å². The van der Waals surface area contributed by atoms with Crippen molar-refractivity contribution in [2.75, 3.05) is 24.5 Å². The molecule has 2 amide bonds. The van der Waals surface area contributed by atoms with Crippen molar-refractivity contribution in [3.05, 3.63) is 70.9 Å². The lowest BCUT2D eigenvalue weighted by Crippen LogP contribution is -2.41. The molecule has 1 N–H and O–H groups in total. The molecule has 0 unspecified atom stereocenters. The maximum Gasteiger partial charge on any atom is 0.255 e. The molecule has 4 rings (SSSR count). The van der Waals surface area contributed by atoms with E-state index in [0.717, 1.165) is 62.1 Å². The number of carbonyl (C=O) groups is 2. The molecule has 1 aliphatic carbocycles. The summed E-state index contributed by atoms with van der Waals surface area (Å²) in [5.41, 5.74) is 6.34. The Kier molecular flexibility index (Phi) is 8.96. The quantitative estimate of drug-likeness (QED) is 0.372. The summed E-state index contributed by atoms with van der Waals surface area (Å²) in [7, 11) is 0. The number of nitrogens with zero attached hydrogens (tertiary/aromatic N) is 2. The molecule has 0 spiro atoms. The molecule has 204 valence electrons. The number of rotatable bonds is 9. The van der Waals surface area contributed by atoms with Gasteiger partial charge in [-0.25, -0.2) is 0 Å². The van der Waals surface area contributed by atoms with Crippen molar-refractivity contribution in [3.63, 3.8) is 0 Å². The largest absolute Gasteiger partial charge is 0.341 e. The molecule has 2 aromatic rings. The molecule has 0 aromatic heterocycles. The standard InChI is InChI=1S/C33H45N3O2/c1-6-8-18-34-31(37)28-14-13-27(22-24(28)3)36(19-7-2)30-15-12-26(23-29(30)25-10-9-11-25)32(38)35-20-16-33(4,5)17-21-35/h8,12-15,18,22-23,25H,6-7,9-11,16-17,19-21H2,1-5H3,(H,34,37)/b18-8+. The van der Waals surface area contributed by atoms with Crippen molar-refractivity contribution < 1.29 is 9.59 Å². The zero-order valence-electron chi connectivity index (χ0n) is 24.0. The molecule has 2 fully saturated rings. The van der Waals surface area contributed by atoms with E-state index in [9.17, 15) is 9.59 Å². The Bertz CT molecular complexity index is 1170. The minimum atomic E-state index is -0.0834. The molecule has 2 aliphatic rings. The fraction of sp³-hybridized carbons (Fsp3) is 0.515. The molecule has 1 aliphatic heterocycles. The van der Waals surface area contributed by atoms with Crippen LogP contribution in [0.2, 0.25) is 0 Å². The number of aryl methyl sites for hydroxylation is 1. The van der Waals surface area contributed by atoms with Crippen LogP contribution in [0, 0.1) is 12.3 Å². The summed E-state index contributed by atoms with van der Waals surface area (Å²) in [5, 5.41) is 2.86. The first-order valence-corrected chi connectivity index (χ1v) is 14.5. The lowest BCUT2D eigenvalue weighted by atomic mass is 9.78. The number of likely N-dealkylation sites (tertiary alicyclic amines) is 1. The van der Waals surface area contributed by atoms with E-state index < -0.39 is 0 Å². The molecule has 38 heavy (non-hydrogen) atoms. The lowest BCUT2D eigenvalue weighted by molar-refractivity contribution is 0.0630. The first kappa shape index (κ1) is 27.9. The summed E-state index contributed by atoms with van der Waals surface area (Å²) >= 11 is 0. The summed E-state index contributed by atoms with van der Waals surface area (Å²) in [6.45, 7) is 13.4. The number of nitrogens with one attached hydrogen (secondary N) is 1. The number of amides is 2. The van der Waals surface area contributed by atoms with Gasteiger partial charge in [0.05, 0.1) is 0 Å². The Labute approximate surface area is 229 Å². The topological polar surface area (TPSA) is 52.7 Å². The first-order valence-electron chi connectivity index (χ1n) is 14.5. The van der Waals surface area contributed by atoms with Gasteiger partial charge in [-0.2, -0.15) is 0 Å². The Morgan fingerprint density at radius 2 is 1.82 bits per heavy atom. The summed E-state index contributed by atoms with van der Waals surface area (Å²) < 4.78 is 0. The first-order chi connectivity index (χ1) is 18.2. The fourth-order valence-electron chi connectivity index (χ4n) is 5.49. The number of piperidine rings is 1. The predicted octanol–water partition coefficient (Wildman–Crippen LogP) is 7.73. The third-order valence-electron chi connectivity index (χ3n) is 8.30. The smallest absolute Gasteiger partial charge is 0.255 e. The Hall–Kier alpha value is -3.08. The lowest BCUT2D eigenvalue weighted by Gasteiger charge is -2.37. The van der Waals surface area contributed by atoms with Crippen LogP contribution in [0.3, 0.4) is 0 Å². The minimum Gasteiger partial charge on any atom is -0.341 e. The number of anilines is 2. The van der Waals surface area contributed by atoms with Crippen LogP contribution in [-0.4, -0.2) is 36.3 Å². The molecule has 0 atom stereocenters. The van der Waals surface area contributed by atoms with Crippen LogP contribution < -0.4 is 10.2 Å². The number of hydrogen-bond donors (Lipinski definition) is 1. The van der Waals surface area contributed by atoms with Gasteiger partial charge in [-0.1, -0.05) is 40.2 Å². The van der Waals surface area contributed by atoms with Gasteiger partial charge in [0.25, 0.3) is 11.8 Å². The van der Waals surface area contributed by atoms with Crippen LogP contribution in [0.15, 0.2) is 48.7 Å². The summed E-state index contributed by atoms with van der Waals surface area (Å²) in [6.07, 6.45) is 11.2. The SMILES string of the molecule is CC/C=C/NC(=O)c1ccc(N(CCC)c2ccc(C(=O)N3CCC(C)(C)CC3)cc2C2CCC2)cc1C. The van der Waals surface area contributed by atoms with Crippen molar-refractivity contribution in [1.29, 1.82) is 0 Å². The second-order valence-electron chi connectivity index (χ2n) is 11.8. The third-order valence-corrected chi connectivity index (χ3v) is 8.30. The van der Waals surface area contributed by atoms with Crippen LogP contribution in [0.1, 0.15) is 110 Å². The van der Waals surface area contributed by atoms with Gasteiger partial charge in [0.2, 0.25) is 0 Å². The Morgan fingerprint density at radius 1 is 1.08 bits per heavy atom. The Morgan fingerprint density at radius 3 is 2.42 bits per heavy atom. The molecule has 5 heteroatoms. The average molecular weight is 516 g/mol. The molecule has 0 radical (unpaired) electrons. The van der Waals surface area contributed by atoms with Crippen molar-refractivity contribution in [1.82, 2.24) is 10.2 Å². The van der Waals surface area contributed by atoms with Crippen molar-refractivity contribution in [3.8, 4) is 0 Å². The molecule has 2 aromatic carbocycles. The van der Waals surface area contributed by atoms with Crippen molar-refractivity contribution in [2.45, 2.75) is 85.5 Å². The maximum atomic E-state index is 13.5. The van der Waals surface area contributed by atoms with Crippen molar-refractivity contribution >= 4 is 23.2 Å². The van der Waals surface area contributed by atoms with E-state index in [-0.39, 0.29) is 11.8 Å². The summed E-state index contributed by atoms with van der Waals surface area (Å²) in [6, 6.07) is 12.5. The number of allylic oxidation sites excluding steroid dienone is 1. The molecular formula is C33H45N3O2. The summed E-state index contributed by atoms with van der Waals surface area (Å²) in [5.74, 6) is 0.576. The normalized spacial score (nSPS) is 17.3. The van der Waals surface area contributed by atoms with E-state index in [1.54, 1.807) is 6.20 Å². The molecule has 0 bridgehead atoms. The van der Waals surface area contributed by atoms with E-state index in [4.69, 9.17) is 0 Å². The van der Waals surface area contributed by atoms with E-state index >= 15 is 0 Å². The van der Waals surface area contributed by atoms with E-state index in [1.165, 1.54) is 30.5 Å². The van der Waals surface area contributed by atoms with Gasteiger partial charge < -0.3 is 15.1 Å². The molecule has 1 saturated carbocycles. The Balaban J connectivity index is 1.63. The van der Waals surface area contributed by atoms with Crippen LogP contribution >= 0.6 is 0 Å². The average Bonchev–Trinajstić information content (AvgIpc) is 2.86. The zero-order valence-corrected chi connectivity index (χ0v) is 24.0. The van der Waals surface area contributed by atoms with E-state index in [0.29, 0.717) is 16.9 Å². The molecular weight excluding hydrogens is 470 g/mol. The van der Waals surface area contributed by atoms with Crippen LogP contribution in [0.4, 0.5) is 11.4 Å². The highest BCUT2D eigenvalue weighted by atomic mass is 16.2. The minimum absolute atomic E-state index is 0.0834. The fourth-order valence-corrected chi connectivity index (χ4v) is 5.49. The van der Waals surface area contributed by atoms with Gasteiger partial charge in [0, 0.05) is 48.3 Å². The highest BCUT2D eigenvalue weighted by Crippen LogP contribution is 2.43. The van der Waals surface area contributed by atoms with Crippen LogP contribution in [0.25, 0.3) is 0 Å². The molecule has 1 heterocycles. The van der Waals surface area contributed by atoms with E-state index in [1.807, 2.05) is 37.0 Å². The summed E-state index contributed by atoms with van der Waals surface area (Å²) in [4.78, 5) is 30.6. The maximum absolute atomic E-state index is 13.5. The second kappa shape index (κ2) is 12.2. The van der Waals surface area contributed by atoms with Gasteiger partial charge in [0.15, 0.2) is 0 Å². The highest BCUT2D eigenvalue weighted by Gasteiger charge is 2.30. The number of carbonyl (C=O) groups excluding carboxylic acids is 2. The molecule has 5 nitrogen and oxygen atoms in total. The monoisotopic (exact) mass is 515 g/mol. The van der Waals surface area contributed by atoms with Gasteiger partial charge in [-0.05, 0) is 104 Å². The predicted molar refractivity (Wildman–Crippen MR) is 157 cm³/mol. The van der Waals surface area contributed by atoms with Gasteiger partial charge >= 0.3 is 0 Å². The number of hydrogen-bond acceptors (Lipinski definition) is 3. The third kappa shape index (κ3) is 6.31. The van der Waals surface area contributed by atoms with Crippen LogP contribution in [0.5, 0.6) is 0 Å². The zero-order chi connectivity index (χ0) is 27.3. The second-order valence-corrected chi connectivity index (χ2v) is 11.8. The van der Waals surface area contributed by atoms with Gasteiger partial charge in [-0.15, -0.1) is 0 Å². The number of benzene rings is 2. The van der Waals surface area contributed by atoms with Gasteiger partial charge in [0.1, 0.15) is 0 Å². The van der Waals surface area contributed by atoms with E-state index in [2.05, 4.69) is 55.3 Å². The highest BCUT2D eigenvalue weighted by molar-refractivity contribution is 5.97. The van der Waals surface area contributed by atoms with Crippen molar-refractivity contribution in [2.24, 2.45) is 5.41 Å². The molecule has 1 saturated heterocycles. The van der Waals surface area contributed by atoms with Gasteiger partial charge in [-0.3, -0.25) is 9.59 Å².